The van der Waals surface area contributed by atoms with Crippen molar-refractivity contribution in [2.24, 2.45) is 17.6 Å². The van der Waals surface area contributed by atoms with Crippen LogP contribution in [0.15, 0.2) is 12.5 Å². The van der Waals surface area contributed by atoms with Gasteiger partial charge in [-0.25, -0.2) is 9.78 Å². The van der Waals surface area contributed by atoms with Crippen LogP contribution in [-0.4, -0.2) is 74.6 Å². The monoisotopic (exact) mass is 454 g/mol. The van der Waals surface area contributed by atoms with Gasteiger partial charge < -0.3 is 36.9 Å². The van der Waals surface area contributed by atoms with E-state index in [1.165, 1.54) is 12.5 Å². The van der Waals surface area contributed by atoms with E-state index >= 15 is 0 Å². The van der Waals surface area contributed by atoms with E-state index in [9.17, 15) is 19.2 Å². The Morgan fingerprint density at radius 1 is 1.00 bits per heavy atom. The zero-order chi connectivity index (χ0) is 24.4. The zero-order valence-corrected chi connectivity index (χ0v) is 18.8. The molecule has 0 aromatic carbocycles. The van der Waals surface area contributed by atoms with Crippen LogP contribution in [0.4, 0.5) is 0 Å². The number of nitrogens with zero attached hydrogens (tertiary/aromatic N) is 1. The van der Waals surface area contributed by atoms with Gasteiger partial charge in [0.05, 0.1) is 19.0 Å². The molecule has 0 aliphatic rings. The summed E-state index contributed by atoms with van der Waals surface area (Å²) < 4.78 is 0. The fourth-order valence-corrected chi connectivity index (χ4v) is 2.83. The van der Waals surface area contributed by atoms with Crippen molar-refractivity contribution in [2.45, 2.75) is 64.7 Å². The van der Waals surface area contributed by atoms with Crippen molar-refractivity contribution in [1.82, 2.24) is 25.9 Å². The van der Waals surface area contributed by atoms with Gasteiger partial charge in [0.2, 0.25) is 17.7 Å². The van der Waals surface area contributed by atoms with Gasteiger partial charge in [-0.3, -0.25) is 14.4 Å². The third-order valence-electron chi connectivity index (χ3n) is 4.77. The van der Waals surface area contributed by atoms with E-state index in [4.69, 9.17) is 15.9 Å². The molecule has 1 aromatic rings. The summed E-state index contributed by atoms with van der Waals surface area (Å²) in [4.78, 5) is 56.0. The molecule has 0 spiro atoms. The Morgan fingerprint density at radius 3 is 2.03 bits per heavy atom. The van der Waals surface area contributed by atoms with Crippen LogP contribution in [0.1, 0.15) is 39.8 Å². The fourth-order valence-electron chi connectivity index (χ4n) is 2.83. The molecule has 180 valence electrons. The molecule has 0 bridgehead atoms. The summed E-state index contributed by atoms with van der Waals surface area (Å²) in [7, 11) is 0. The van der Waals surface area contributed by atoms with Crippen LogP contribution in [0.5, 0.6) is 0 Å². The Bertz CT molecular complexity index is 767. The smallest absolute Gasteiger partial charge is 0.328 e. The van der Waals surface area contributed by atoms with Crippen molar-refractivity contribution in [2.75, 3.05) is 6.61 Å². The van der Waals surface area contributed by atoms with Gasteiger partial charge in [-0.2, -0.15) is 0 Å². The Labute approximate surface area is 186 Å². The van der Waals surface area contributed by atoms with Gasteiger partial charge in [0.25, 0.3) is 0 Å². The highest BCUT2D eigenvalue weighted by Gasteiger charge is 2.31. The van der Waals surface area contributed by atoms with Gasteiger partial charge >= 0.3 is 5.97 Å². The molecule has 0 saturated heterocycles. The molecule has 1 rings (SSSR count). The molecule has 1 aromatic heterocycles. The molecule has 4 unspecified atom stereocenters. The summed E-state index contributed by atoms with van der Waals surface area (Å²) in [6.07, 6.45) is 3.23. The Balaban J connectivity index is 3.03. The van der Waals surface area contributed by atoms with Gasteiger partial charge in [0.15, 0.2) is 0 Å². The number of amides is 3. The second-order valence-corrected chi connectivity index (χ2v) is 8.38. The van der Waals surface area contributed by atoms with Crippen molar-refractivity contribution in [3.63, 3.8) is 0 Å². The first-order chi connectivity index (χ1) is 15.0. The van der Waals surface area contributed by atoms with Gasteiger partial charge in [-0.05, 0) is 18.3 Å². The van der Waals surface area contributed by atoms with Gasteiger partial charge in [0, 0.05) is 18.3 Å². The molecule has 8 N–H and O–H groups in total. The molecule has 3 amide bonds. The molecule has 4 atom stereocenters. The Kier molecular flexibility index (Phi) is 10.8. The topological polar surface area (TPSA) is 200 Å². The van der Waals surface area contributed by atoms with Crippen LogP contribution in [0.3, 0.4) is 0 Å². The standard InChI is InChI=1S/C20H34N6O6/c1-10(2)5-13(17(28)26-15(8-27)20(31)32)24-18(29)14(6-12-7-22-9-23-12)25-19(30)16(21)11(3)4/h7,9-11,13-16,27H,5-6,8,21H2,1-4H3,(H,22,23)(H,24,29)(H,25,30)(H,26,28)(H,31,32). The largest absolute Gasteiger partial charge is 0.480 e. The number of hydrogen-bond donors (Lipinski definition) is 7. The lowest BCUT2D eigenvalue weighted by Gasteiger charge is -2.26. The number of aromatic amines is 1. The maximum absolute atomic E-state index is 13.0. The Hall–Kier alpha value is -2.99. The van der Waals surface area contributed by atoms with E-state index in [0.29, 0.717) is 5.69 Å². The third-order valence-corrected chi connectivity index (χ3v) is 4.77. The number of aliphatic hydroxyl groups excluding tert-OH is 1. The fraction of sp³-hybridized carbons (Fsp3) is 0.650. The maximum Gasteiger partial charge on any atom is 0.328 e. The number of rotatable bonds is 13. The molecule has 0 fully saturated rings. The summed E-state index contributed by atoms with van der Waals surface area (Å²) in [6.45, 7) is 6.42. The van der Waals surface area contributed by atoms with E-state index in [2.05, 4.69) is 25.9 Å². The van der Waals surface area contributed by atoms with Crippen LogP contribution in [-0.2, 0) is 25.6 Å². The average Bonchev–Trinajstić information content (AvgIpc) is 3.22. The zero-order valence-electron chi connectivity index (χ0n) is 18.8. The number of carboxylic acids is 1. The number of aromatic nitrogens is 2. The predicted molar refractivity (Wildman–Crippen MR) is 115 cm³/mol. The minimum absolute atomic E-state index is 0.0153. The van der Waals surface area contributed by atoms with Gasteiger partial charge in [-0.1, -0.05) is 27.7 Å². The number of hydrogen-bond acceptors (Lipinski definition) is 7. The molecule has 12 nitrogen and oxygen atoms in total. The van der Waals surface area contributed by atoms with Gasteiger partial charge in [-0.15, -0.1) is 0 Å². The van der Waals surface area contributed by atoms with Crippen molar-refractivity contribution in [1.29, 1.82) is 0 Å². The second kappa shape index (κ2) is 12.8. The summed E-state index contributed by atoms with van der Waals surface area (Å²) in [5, 5.41) is 25.6. The van der Waals surface area contributed by atoms with Gasteiger partial charge in [0.1, 0.15) is 18.1 Å². The highest BCUT2D eigenvalue weighted by Crippen LogP contribution is 2.08. The average molecular weight is 455 g/mol. The number of aliphatic hydroxyl groups is 1. The van der Waals surface area contributed by atoms with Crippen LogP contribution in [0, 0.1) is 11.8 Å². The van der Waals surface area contributed by atoms with E-state index in [1.807, 2.05) is 13.8 Å². The molecule has 0 aliphatic carbocycles. The van der Waals surface area contributed by atoms with Crippen molar-refractivity contribution >= 4 is 23.7 Å². The molecular formula is C20H34N6O6. The predicted octanol–water partition coefficient (Wildman–Crippen LogP) is -1.49. The van der Waals surface area contributed by atoms with Crippen LogP contribution < -0.4 is 21.7 Å². The van der Waals surface area contributed by atoms with Crippen LogP contribution in [0.2, 0.25) is 0 Å². The van der Waals surface area contributed by atoms with E-state index < -0.39 is 54.5 Å². The van der Waals surface area contributed by atoms with Crippen molar-refractivity contribution < 1.29 is 29.4 Å². The Morgan fingerprint density at radius 2 is 1.56 bits per heavy atom. The van der Waals surface area contributed by atoms with Crippen molar-refractivity contribution in [3.8, 4) is 0 Å². The first-order valence-corrected chi connectivity index (χ1v) is 10.4. The number of aliphatic carboxylic acids is 1. The molecule has 32 heavy (non-hydrogen) atoms. The molecule has 1 heterocycles. The number of nitrogens with two attached hydrogens (primary N) is 1. The number of carbonyl (C=O) groups excluding carboxylic acids is 3. The maximum atomic E-state index is 13.0. The number of imidazole rings is 1. The highest BCUT2D eigenvalue weighted by atomic mass is 16.4. The lowest BCUT2D eigenvalue weighted by atomic mass is 10.0. The van der Waals surface area contributed by atoms with E-state index in [0.717, 1.165) is 0 Å². The number of H-pyrrole nitrogens is 1. The van der Waals surface area contributed by atoms with E-state index in [1.54, 1.807) is 13.8 Å². The minimum Gasteiger partial charge on any atom is -0.480 e. The lowest BCUT2D eigenvalue weighted by Crippen LogP contribution is -2.58. The highest BCUT2D eigenvalue weighted by molar-refractivity contribution is 5.94. The number of nitrogens with one attached hydrogen (secondary N) is 4. The lowest BCUT2D eigenvalue weighted by molar-refractivity contribution is -0.143. The molecule has 0 radical (unpaired) electrons. The number of carboxylic acid groups (broad SMARTS) is 1. The van der Waals surface area contributed by atoms with Crippen molar-refractivity contribution in [3.05, 3.63) is 18.2 Å². The molecular weight excluding hydrogens is 420 g/mol. The summed E-state index contributed by atoms with van der Waals surface area (Å²) >= 11 is 0. The second-order valence-electron chi connectivity index (χ2n) is 8.38. The minimum atomic E-state index is -1.50. The quantitative estimate of drug-likeness (QED) is 0.187. The first kappa shape index (κ1) is 27.0. The number of carbonyl (C=O) groups is 4. The first-order valence-electron chi connectivity index (χ1n) is 10.4. The normalized spacial score (nSPS) is 15.0. The molecule has 0 saturated carbocycles. The summed E-state index contributed by atoms with van der Waals surface area (Å²) in [5.74, 6) is -3.48. The summed E-state index contributed by atoms with van der Waals surface area (Å²) in [5.41, 5.74) is 6.47. The molecule has 12 heteroatoms. The summed E-state index contributed by atoms with van der Waals surface area (Å²) in [6, 6.07) is -4.46. The molecule has 0 aliphatic heterocycles. The van der Waals surface area contributed by atoms with Crippen LogP contribution in [0.25, 0.3) is 0 Å². The van der Waals surface area contributed by atoms with E-state index in [-0.39, 0.29) is 24.7 Å². The SMILES string of the molecule is CC(C)CC(NC(=O)C(Cc1cnc[nH]1)NC(=O)C(N)C(C)C)C(=O)NC(CO)C(=O)O. The van der Waals surface area contributed by atoms with Crippen LogP contribution >= 0.6 is 0 Å². The third kappa shape index (κ3) is 8.63.